The van der Waals surface area contributed by atoms with Crippen LogP contribution >= 0.6 is 0 Å². The van der Waals surface area contributed by atoms with Gasteiger partial charge in [-0.05, 0) is 20.8 Å². The van der Waals surface area contributed by atoms with Gasteiger partial charge in [0, 0.05) is 12.0 Å². The first-order valence-corrected chi connectivity index (χ1v) is 7.21. The largest absolute Gasteiger partial charge is 0.394 e. The van der Waals surface area contributed by atoms with Crippen molar-refractivity contribution in [2.75, 3.05) is 13.2 Å². The number of rotatable bonds is 2. The quantitative estimate of drug-likeness (QED) is 0.285. The standard InChI is InChI=1S/C7H13BO4.C6H11BO4/c1-6(3-9)4(10)7(2,11)5(8)12-6;1-6(10)4(9)3(2-8)11-5(6)7/h4-5,9-11H,3H2,1-2H3;3-5,8-10H,2H2,1H3/t4-,5-,6-,7-;3-,4-,5-,6-/m11/s1. The molecule has 8 atom stereocenters. The van der Waals surface area contributed by atoms with E-state index in [4.69, 9.17) is 35.4 Å². The summed E-state index contributed by atoms with van der Waals surface area (Å²) in [6.45, 7) is 3.53. The summed E-state index contributed by atoms with van der Waals surface area (Å²) in [6, 6.07) is -1.90. The van der Waals surface area contributed by atoms with Crippen molar-refractivity contribution in [1.29, 1.82) is 0 Å². The Morgan fingerprint density at radius 3 is 1.65 bits per heavy atom. The van der Waals surface area contributed by atoms with Gasteiger partial charge in [-0.3, -0.25) is 0 Å². The second-order valence-corrected chi connectivity index (χ2v) is 6.59. The Morgan fingerprint density at radius 2 is 1.48 bits per heavy atom. The van der Waals surface area contributed by atoms with E-state index < -0.39 is 47.1 Å². The molecule has 0 bridgehead atoms. The van der Waals surface area contributed by atoms with Crippen molar-refractivity contribution in [3.05, 3.63) is 0 Å². The van der Waals surface area contributed by atoms with E-state index in [9.17, 15) is 20.4 Å². The molecule has 2 fully saturated rings. The predicted octanol–water partition coefficient (Wildman–Crippen LogP) is -3.64. The van der Waals surface area contributed by atoms with Crippen molar-refractivity contribution in [3.63, 3.8) is 0 Å². The molecule has 2 rings (SSSR count). The molecule has 4 radical (unpaired) electrons. The normalized spacial score (nSPS) is 53.0. The van der Waals surface area contributed by atoms with Crippen molar-refractivity contribution in [2.45, 2.75) is 67.9 Å². The van der Waals surface area contributed by atoms with Crippen LogP contribution in [0.5, 0.6) is 0 Å². The minimum atomic E-state index is -1.50. The van der Waals surface area contributed by atoms with Crippen LogP contribution in [0.4, 0.5) is 0 Å². The fourth-order valence-corrected chi connectivity index (χ4v) is 2.46. The maximum absolute atomic E-state index is 9.59. The van der Waals surface area contributed by atoms with Crippen LogP contribution in [0.15, 0.2) is 0 Å². The average Bonchev–Trinajstić information content (AvgIpc) is 2.77. The third-order valence-corrected chi connectivity index (χ3v) is 4.45. The summed E-state index contributed by atoms with van der Waals surface area (Å²) in [5, 5.41) is 55.3. The van der Waals surface area contributed by atoms with Gasteiger partial charge in [0.15, 0.2) is 0 Å². The molecule has 2 saturated heterocycles. The van der Waals surface area contributed by atoms with Gasteiger partial charge in [0.2, 0.25) is 0 Å². The van der Waals surface area contributed by atoms with Gasteiger partial charge >= 0.3 is 0 Å². The van der Waals surface area contributed by atoms with Gasteiger partial charge in [-0.15, -0.1) is 0 Å². The molecular formula is C13H24B2O8. The number of aliphatic hydroxyl groups is 6. The van der Waals surface area contributed by atoms with Gasteiger partial charge in [0.05, 0.1) is 13.2 Å². The van der Waals surface area contributed by atoms with Crippen molar-refractivity contribution in [1.82, 2.24) is 0 Å². The highest BCUT2D eigenvalue weighted by Crippen LogP contribution is 2.36. The number of ether oxygens (including phenoxy) is 2. The molecule has 2 aliphatic heterocycles. The van der Waals surface area contributed by atoms with Crippen LogP contribution in [0, 0.1) is 0 Å². The maximum Gasteiger partial charge on any atom is 0.116 e. The van der Waals surface area contributed by atoms with Gasteiger partial charge in [-0.1, -0.05) is 0 Å². The van der Waals surface area contributed by atoms with E-state index in [2.05, 4.69) is 0 Å². The smallest absolute Gasteiger partial charge is 0.116 e. The highest BCUT2D eigenvalue weighted by Gasteiger charge is 2.55. The van der Waals surface area contributed by atoms with E-state index in [0.717, 1.165) is 0 Å². The Morgan fingerprint density at radius 1 is 0.957 bits per heavy atom. The van der Waals surface area contributed by atoms with E-state index in [1.807, 2.05) is 0 Å². The molecule has 0 amide bonds. The van der Waals surface area contributed by atoms with E-state index in [1.54, 1.807) is 0 Å². The molecule has 0 spiro atoms. The zero-order chi connectivity index (χ0) is 18.2. The van der Waals surface area contributed by atoms with Crippen LogP contribution in [0.25, 0.3) is 0 Å². The number of hydrogen-bond donors (Lipinski definition) is 6. The van der Waals surface area contributed by atoms with Crippen molar-refractivity contribution in [2.24, 2.45) is 0 Å². The van der Waals surface area contributed by atoms with E-state index in [-0.39, 0.29) is 13.2 Å². The average molecular weight is 330 g/mol. The molecule has 0 aromatic carbocycles. The molecule has 23 heavy (non-hydrogen) atoms. The van der Waals surface area contributed by atoms with Gasteiger partial charge in [0.1, 0.15) is 50.8 Å². The topological polar surface area (TPSA) is 140 Å². The van der Waals surface area contributed by atoms with Crippen LogP contribution in [0.3, 0.4) is 0 Å². The van der Waals surface area contributed by atoms with Crippen LogP contribution in [0.1, 0.15) is 20.8 Å². The molecule has 8 nitrogen and oxygen atoms in total. The highest BCUT2D eigenvalue weighted by molar-refractivity contribution is 6.12. The minimum absolute atomic E-state index is 0.342. The minimum Gasteiger partial charge on any atom is -0.394 e. The summed E-state index contributed by atoms with van der Waals surface area (Å²) in [5.41, 5.74) is -4.13. The lowest BCUT2D eigenvalue weighted by molar-refractivity contribution is -0.0937. The maximum atomic E-state index is 9.59. The molecule has 0 unspecified atom stereocenters. The fourth-order valence-electron chi connectivity index (χ4n) is 2.46. The molecule has 130 valence electrons. The summed E-state index contributed by atoms with van der Waals surface area (Å²) in [4.78, 5) is 0. The van der Waals surface area contributed by atoms with Gasteiger partial charge in [0.25, 0.3) is 0 Å². The Hall–Kier alpha value is -0.190. The van der Waals surface area contributed by atoms with Crippen LogP contribution in [-0.4, -0.2) is 107 Å². The van der Waals surface area contributed by atoms with E-state index in [0.29, 0.717) is 0 Å². The third kappa shape index (κ3) is 3.74. The predicted molar refractivity (Wildman–Crippen MR) is 80.9 cm³/mol. The lowest BCUT2D eigenvalue weighted by Gasteiger charge is -2.28. The highest BCUT2D eigenvalue weighted by atomic mass is 16.6. The number of hydrogen-bond acceptors (Lipinski definition) is 8. The Balaban J connectivity index is 0.000000231. The van der Waals surface area contributed by atoms with E-state index >= 15 is 0 Å². The lowest BCUT2D eigenvalue weighted by atomic mass is 9.80. The summed E-state index contributed by atoms with van der Waals surface area (Å²) in [5.74, 6) is 0. The molecule has 2 heterocycles. The Kier molecular flexibility index (Phi) is 6.32. The van der Waals surface area contributed by atoms with Gasteiger partial charge in [-0.25, -0.2) is 0 Å². The summed E-state index contributed by atoms with van der Waals surface area (Å²) < 4.78 is 9.92. The summed E-state index contributed by atoms with van der Waals surface area (Å²) in [6.07, 6.45) is -3.08. The first-order valence-electron chi connectivity index (χ1n) is 7.21. The Bertz CT molecular complexity index is 407. The Labute approximate surface area is 137 Å². The zero-order valence-electron chi connectivity index (χ0n) is 13.5. The lowest BCUT2D eigenvalue weighted by Crippen LogP contribution is -2.50. The second-order valence-electron chi connectivity index (χ2n) is 6.59. The van der Waals surface area contributed by atoms with Crippen molar-refractivity contribution in [3.8, 4) is 0 Å². The molecule has 0 aromatic heterocycles. The van der Waals surface area contributed by atoms with E-state index in [1.165, 1.54) is 20.8 Å². The summed E-state index contributed by atoms with van der Waals surface area (Å²) >= 11 is 0. The number of aliphatic hydroxyl groups excluding tert-OH is 4. The van der Waals surface area contributed by atoms with Crippen molar-refractivity contribution >= 4 is 15.7 Å². The summed E-state index contributed by atoms with van der Waals surface area (Å²) in [7, 11) is 10.7. The molecule has 2 aliphatic rings. The molecule has 6 N–H and O–H groups in total. The molecule has 0 aromatic rings. The first-order chi connectivity index (χ1) is 10.3. The monoisotopic (exact) mass is 330 g/mol. The van der Waals surface area contributed by atoms with Crippen molar-refractivity contribution < 1.29 is 40.1 Å². The van der Waals surface area contributed by atoms with Gasteiger partial charge < -0.3 is 40.1 Å². The van der Waals surface area contributed by atoms with Crippen LogP contribution < -0.4 is 0 Å². The van der Waals surface area contributed by atoms with Crippen LogP contribution in [-0.2, 0) is 9.47 Å². The fraction of sp³-hybridized carbons (Fsp3) is 1.00. The molecule has 0 aliphatic carbocycles. The second kappa shape index (κ2) is 6.97. The molecule has 0 saturated carbocycles. The third-order valence-electron chi connectivity index (χ3n) is 4.45. The molecule has 10 heteroatoms. The first kappa shape index (κ1) is 20.9. The molecular weight excluding hydrogens is 306 g/mol. The SMILES string of the molecule is [B][C@@H]1O[C@H](CO)[C@@H](O)[C@@]1(C)O.[B][C@@H]1O[C@](C)(CO)[C@@H](O)[C@@]1(C)O. The zero-order valence-corrected chi connectivity index (χ0v) is 13.5. The van der Waals surface area contributed by atoms with Gasteiger partial charge in [-0.2, -0.15) is 0 Å². The van der Waals surface area contributed by atoms with Crippen LogP contribution in [0.2, 0.25) is 0 Å².